The van der Waals surface area contributed by atoms with Gasteiger partial charge in [0.15, 0.2) is 21.8 Å². The maximum atomic E-state index is 11.5. The molecule has 1 aliphatic rings. The van der Waals surface area contributed by atoms with Crippen LogP contribution in [0.2, 0.25) is 0 Å². The van der Waals surface area contributed by atoms with Gasteiger partial charge in [-0.05, 0) is 54.5 Å². The zero-order chi connectivity index (χ0) is 17.2. The number of sulfone groups is 1. The molecule has 8 heteroatoms. The minimum Gasteiger partial charge on any atom is -0.483 e. The molecule has 0 radical (unpaired) electrons. The first-order chi connectivity index (χ1) is 11.4. The Morgan fingerprint density at radius 1 is 1.17 bits per heavy atom. The predicted molar refractivity (Wildman–Crippen MR) is 88.5 cm³/mol. The number of nitrogens with zero attached hydrogens (tertiary/aromatic N) is 4. The Morgan fingerprint density at radius 3 is 2.46 bits per heavy atom. The van der Waals surface area contributed by atoms with Crippen LogP contribution in [0.3, 0.4) is 0 Å². The number of hydrogen-bond donors (Lipinski definition) is 0. The second kappa shape index (κ2) is 6.88. The first-order valence-electron chi connectivity index (χ1n) is 8.19. The summed E-state index contributed by atoms with van der Waals surface area (Å²) in [4.78, 5) is 0.273. The summed E-state index contributed by atoms with van der Waals surface area (Å²) >= 11 is 0. The average molecular weight is 350 g/mol. The van der Waals surface area contributed by atoms with Crippen molar-refractivity contribution in [1.82, 2.24) is 20.2 Å². The van der Waals surface area contributed by atoms with Gasteiger partial charge in [-0.1, -0.05) is 19.3 Å². The molecular weight excluding hydrogens is 328 g/mol. The minimum atomic E-state index is -3.20. The van der Waals surface area contributed by atoms with Crippen LogP contribution in [0.5, 0.6) is 5.75 Å². The highest BCUT2D eigenvalue weighted by Crippen LogP contribution is 2.30. The Hall–Kier alpha value is -1.96. The first kappa shape index (κ1) is 16.9. The van der Waals surface area contributed by atoms with Crippen LogP contribution in [0.25, 0.3) is 0 Å². The van der Waals surface area contributed by atoms with Gasteiger partial charge >= 0.3 is 0 Å². The van der Waals surface area contributed by atoms with E-state index < -0.39 is 9.84 Å². The largest absolute Gasteiger partial charge is 0.483 e. The maximum absolute atomic E-state index is 11.5. The van der Waals surface area contributed by atoms with Crippen molar-refractivity contribution in [2.24, 2.45) is 0 Å². The number of ether oxygens (including phenoxy) is 1. The van der Waals surface area contributed by atoms with Gasteiger partial charge < -0.3 is 4.74 Å². The molecule has 0 spiro atoms. The van der Waals surface area contributed by atoms with Crippen molar-refractivity contribution < 1.29 is 13.2 Å². The summed E-state index contributed by atoms with van der Waals surface area (Å²) in [6.07, 6.45) is 6.72. The van der Waals surface area contributed by atoms with E-state index in [1.807, 2.05) is 11.6 Å². The van der Waals surface area contributed by atoms with Gasteiger partial charge in [0.05, 0.1) is 10.9 Å². The summed E-state index contributed by atoms with van der Waals surface area (Å²) in [5.41, 5.74) is 0. The van der Waals surface area contributed by atoms with Crippen molar-refractivity contribution in [1.29, 1.82) is 0 Å². The second-order valence-corrected chi connectivity index (χ2v) is 8.29. The molecule has 1 saturated carbocycles. The van der Waals surface area contributed by atoms with Crippen LogP contribution in [0, 0.1) is 0 Å². The molecule has 1 heterocycles. The van der Waals surface area contributed by atoms with Gasteiger partial charge in [-0.15, -0.1) is 5.10 Å². The van der Waals surface area contributed by atoms with Crippen LogP contribution in [-0.4, -0.2) is 34.9 Å². The molecule has 130 valence electrons. The monoisotopic (exact) mass is 350 g/mol. The topological polar surface area (TPSA) is 87.0 Å². The van der Waals surface area contributed by atoms with Gasteiger partial charge in [-0.3, -0.25) is 0 Å². The lowest BCUT2D eigenvalue weighted by Gasteiger charge is -2.24. The lowest BCUT2D eigenvalue weighted by molar-refractivity contribution is 0.197. The van der Waals surface area contributed by atoms with E-state index in [0.717, 1.165) is 12.8 Å². The van der Waals surface area contributed by atoms with Crippen LogP contribution in [0.4, 0.5) is 0 Å². The van der Waals surface area contributed by atoms with Crippen molar-refractivity contribution in [3.8, 4) is 5.75 Å². The lowest BCUT2D eigenvalue weighted by atomic mass is 9.95. The van der Waals surface area contributed by atoms with E-state index in [4.69, 9.17) is 4.74 Å². The van der Waals surface area contributed by atoms with Crippen molar-refractivity contribution in [3.05, 3.63) is 30.1 Å². The lowest BCUT2D eigenvalue weighted by Crippen LogP contribution is -2.20. The summed E-state index contributed by atoms with van der Waals surface area (Å²) in [5, 5.41) is 12.1. The number of tetrazole rings is 1. The van der Waals surface area contributed by atoms with Crippen molar-refractivity contribution in [2.75, 3.05) is 6.26 Å². The van der Waals surface area contributed by atoms with Crippen LogP contribution < -0.4 is 4.74 Å². The molecule has 1 aliphatic carbocycles. The van der Waals surface area contributed by atoms with E-state index in [1.54, 1.807) is 24.3 Å². The Bertz CT molecular complexity index is 780. The highest BCUT2D eigenvalue weighted by molar-refractivity contribution is 7.90. The van der Waals surface area contributed by atoms with Crippen LogP contribution in [0.15, 0.2) is 29.2 Å². The first-order valence-corrected chi connectivity index (χ1v) is 10.1. The van der Waals surface area contributed by atoms with E-state index in [2.05, 4.69) is 15.5 Å². The van der Waals surface area contributed by atoms with Gasteiger partial charge in [-0.2, -0.15) is 0 Å². The molecule has 1 atom stereocenters. The van der Waals surface area contributed by atoms with Crippen LogP contribution in [0.1, 0.15) is 57.0 Å². The number of hydrogen-bond acceptors (Lipinski definition) is 6. The number of rotatable bonds is 5. The third-order valence-corrected chi connectivity index (χ3v) is 5.50. The Morgan fingerprint density at radius 2 is 1.83 bits per heavy atom. The summed E-state index contributed by atoms with van der Waals surface area (Å²) in [7, 11) is -3.20. The van der Waals surface area contributed by atoms with E-state index in [-0.39, 0.29) is 11.0 Å². The zero-order valence-corrected chi connectivity index (χ0v) is 14.7. The molecule has 7 nitrogen and oxygen atoms in total. The predicted octanol–water partition coefficient (Wildman–Crippen LogP) is 2.72. The summed E-state index contributed by atoms with van der Waals surface area (Å²) < 4.78 is 30.8. The smallest absolute Gasteiger partial charge is 0.192 e. The maximum Gasteiger partial charge on any atom is 0.192 e. The minimum absolute atomic E-state index is 0.273. The third-order valence-electron chi connectivity index (χ3n) is 4.37. The summed E-state index contributed by atoms with van der Waals surface area (Å²) in [5.74, 6) is 1.29. The fourth-order valence-corrected chi connectivity index (χ4v) is 3.71. The van der Waals surface area contributed by atoms with Crippen LogP contribution in [-0.2, 0) is 9.84 Å². The van der Waals surface area contributed by atoms with Crippen molar-refractivity contribution in [2.45, 2.75) is 56.1 Å². The normalized spacial score (nSPS) is 17.6. The van der Waals surface area contributed by atoms with E-state index in [0.29, 0.717) is 17.6 Å². The molecular formula is C16H22N4O3S. The Labute approximate surface area is 141 Å². The van der Waals surface area contributed by atoms with Gasteiger partial charge in [0.1, 0.15) is 5.75 Å². The van der Waals surface area contributed by atoms with Crippen molar-refractivity contribution in [3.63, 3.8) is 0 Å². The summed E-state index contributed by atoms with van der Waals surface area (Å²) in [6.45, 7) is 1.90. The third kappa shape index (κ3) is 3.75. The van der Waals surface area contributed by atoms with Gasteiger partial charge in [0, 0.05) is 6.26 Å². The van der Waals surface area contributed by atoms with Gasteiger partial charge in [-0.25, -0.2) is 13.1 Å². The fourth-order valence-electron chi connectivity index (χ4n) is 3.08. The molecule has 0 bridgehead atoms. The molecule has 0 aliphatic heterocycles. The SMILES string of the molecule is CC(Oc1ccc(S(C)(=O)=O)cc1)c1nnnn1C1CCCCC1. The molecule has 2 aromatic rings. The molecule has 0 saturated heterocycles. The fraction of sp³-hybridized carbons (Fsp3) is 0.562. The second-order valence-electron chi connectivity index (χ2n) is 6.28. The molecule has 0 amide bonds. The van der Waals surface area contributed by atoms with Crippen LogP contribution >= 0.6 is 0 Å². The summed E-state index contributed by atoms with van der Waals surface area (Å²) in [6, 6.07) is 6.73. The average Bonchev–Trinajstić information content (AvgIpc) is 3.05. The van der Waals surface area contributed by atoms with E-state index in [1.165, 1.54) is 25.5 Å². The molecule has 1 aromatic carbocycles. The Kier molecular flexibility index (Phi) is 4.84. The number of aromatic nitrogens is 4. The number of benzene rings is 1. The van der Waals surface area contributed by atoms with Crippen molar-refractivity contribution >= 4 is 9.84 Å². The molecule has 3 rings (SSSR count). The zero-order valence-electron chi connectivity index (χ0n) is 13.9. The molecule has 1 aromatic heterocycles. The van der Waals surface area contributed by atoms with E-state index in [9.17, 15) is 8.42 Å². The molecule has 0 N–H and O–H groups in total. The highest BCUT2D eigenvalue weighted by Gasteiger charge is 2.24. The van der Waals surface area contributed by atoms with Gasteiger partial charge in [0.2, 0.25) is 0 Å². The standard InChI is InChI=1S/C16H22N4O3S/c1-12(23-14-8-10-15(11-9-14)24(2,21)22)16-17-18-19-20(16)13-6-4-3-5-7-13/h8-13H,3-7H2,1-2H3. The van der Waals surface area contributed by atoms with E-state index >= 15 is 0 Å². The molecule has 1 unspecified atom stereocenters. The molecule has 1 fully saturated rings. The quantitative estimate of drug-likeness (QED) is 0.824. The Balaban J connectivity index is 1.73. The molecule has 24 heavy (non-hydrogen) atoms. The highest BCUT2D eigenvalue weighted by atomic mass is 32.2. The van der Waals surface area contributed by atoms with Gasteiger partial charge in [0.25, 0.3) is 0 Å².